The fourth-order valence-corrected chi connectivity index (χ4v) is 2.78. The molecular weight excluding hydrogens is 268 g/mol. The van der Waals surface area contributed by atoms with E-state index in [1.54, 1.807) is 0 Å². The average Bonchev–Trinajstić information content (AvgIpc) is 2.48. The molecule has 0 aliphatic carbocycles. The van der Waals surface area contributed by atoms with Gasteiger partial charge in [-0.2, -0.15) is 0 Å². The van der Waals surface area contributed by atoms with E-state index in [0.717, 1.165) is 19.3 Å². The Morgan fingerprint density at radius 1 is 0.864 bits per heavy atom. The number of hydrogen-bond acceptors (Lipinski definition) is 2. The molecule has 2 aromatic carbocycles. The molecule has 2 aromatic rings. The van der Waals surface area contributed by atoms with Crippen molar-refractivity contribution in [3.8, 4) is 0 Å². The van der Waals surface area contributed by atoms with Crippen LogP contribution in [0.4, 0.5) is 0 Å². The molecule has 0 fully saturated rings. The minimum Gasteiger partial charge on any atom is -0.333 e. The second-order valence-electron chi connectivity index (χ2n) is 5.91. The highest BCUT2D eigenvalue weighted by Gasteiger charge is 2.07. The van der Waals surface area contributed by atoms with Crippen LogP contribution in [-0.2, 0) is 6.42 Å². The van der Waals surface area contributed by atoms with Crippen molar-refractivity contribution in [1.82, 2.24) is 0 Å². The van der Waals surface area contributed by atoms with E-state index >= 15 is 0 Å². The third-order valence-corrected chi connectivity index (χ3v) is 3.74. The average molecular weight is 298 g/mol. The third-order valence-electron chi connectivity index (χ3n) is 3.74. The van der Waals surface area contributed by atoms with Crippen LogP contribution in [0.15, 0.2) is 42.5 Å². The largest absolute Gasteiger partial charge is 0.333 e. The fraction of sp³-hybridized carbons (Fsp3) is 0.400. The predicted octanol–water partition coefficient (Wildman–Crippen LogP) is 4.21. The predicted molar refractivity (Wildman–Crippen MR) is 97.1 cm³/mol. The van der Waals surface area contributed by atoms with E-state index in [0.29, 0.717) is 0 Å². The molecule has 2 rings (SSSR count). The van der Waals surface area contributed by atoms with Crippen molar-refractivity contribution in [2.24, 2.45) is 11.5 Å². The number of aryl methyl sites for hydroxylation is 4. The summed E-state index contributed by atoms with van der Waals surface area (Å²) in [5.41, 5.74) is 17.4. The van der Waals surface area contributed by atoms with Gasteiger partial charge in [-0.05, 0) is 58.2 Å². The van der Waals surface area contributed by atoms with Gasteiger partial charge in [-0.1, -0.05) is 59.2 Å². The summed E-state index contributed by atoms with van der Waals surface area (Å²) in [6, 6.07) is 15.5. The van der Waals surface area contributed by atoms with Crippen molar-refractivity contribution in [2.45, 2.75) is 46.1 Å². The fourth-order valence-electron chi connectivity index (χ4n) is 2.78. The molecule has 0 heterocycles. The number of benzene rings is 2. The minimum absolute atomic E-state index is 0.151. The molecule has 0 spiro atoms. The van der Waals surface area contributed by atoms with E-state index in [1.807, 2.05) is 0 Å². The molecule has 0 aromatic heterocycles. The van der Waals surface area contributed by atoms with Gasteiger partial charge in [-0.3, -0.25) is 0 Å². The number of rotatable bonds is 5. The summed E-state index contributed by atoms with van der Waals surface area (Å²) in [6.45, 7) is 6.41. The van der Waals surface area contributed by atoms with Crippen molar-refractivity contribution in [3.05, 3.63) is 70.3 Å². The molecule has 0 bridgehead atoms. The molecular formula is C20H30N2. The summed E-state index contributed by atoms with van der Waals surface area (Å²) in [7, 11) is 1.50. The van der Waals surface area contributed by atoms with Crippen LogP contribution in [0.5, 0.6) is 0 Å². The van der Waals surface area contributed by atoms with E-state index in [1.165, 1.54) is 34.9 Å². The second-order valence-corrected chi connectivity index (χ2v) is 5.91. The molecule has 0 aliphatic heterocycles. The summed E-state index contributed by atoms with van der Waals surface area (Å²) in [4.78, 5) is 0. The molecule has 2 heteroatoms. The van der Waals surface area contributed by atoms with Crippen LogP contribution in [0, 0.1) is 20.8 Å². The molecule has 0 amide bonds. The van der Waals surface area contributed by atoms with Crippen LogP contribution >= 0.6 is 0 Å². The van der Waals surface area contributed by atoms with Crippen molar-refractivity contribution in [3.63, 3.8) is 0 Å². The summed E-state index contributed by atoms with van der Waals surface area (Å²) in [5, 5.41) is 0. The molecule has 1 unspecified atom stereocenters. The Hall–Kier alpha value is -1.64. The van der Waals surface area contributed by atoms with Crippen molar-refractivity contribution in [1.29, 1.82) is 0 Å². The Labute approximate surface area is 135 Å². The third kappa shape index (κ3) is 6.00. The monoisotopic (exact) mass is 298 g/mol. The first-order valence-corrected chi connectivity index (χ1v) is 8.01. The lowest BCUT2D eigenvalue weighted by atomic mass is 9.96. The van der Waals surface area contributed by atoms with Gasteiger partial charge in [0, 0.05) is 6.04 Å². The Kier molecular flexibility index (Phi) is 7.86. The zero-order chi connectivity index (χ0) is 16.5. The van der Waals surface area contributed by atoms with E-state index in [2.05, 4.69) is 69.0 Å². The maximum Gasteiger partial charge on any atom is 0.0295 e. The van der Waals surface area contributed by atoms with Gasteiger partial charge in [0.1, 0.15) is 0 Å². The van der Waals surface area contributed by atoms with Crippen LogP contribution in [0.2, 0.25) is 0 Å². The lowest BCUT2D eigenvalue weighted by Crippen LogP contribution is -2.11. The molecule has 0 radical (unpaired) electrons. The summed E-state index contributed by atoms with van der Waals surface area (Å²) < 4.78 is 0. The van der Waals surface area contributed by atoms with Gasteiger partial charge >= 0.3 is 0 Å². The summed E-state index contributed by atoms with van der Waals surface area (Å²) >= 11 is 0. The zero-order valence-corrected chi connectivity index (χ0v) is 14.4. The van der Waals surface area contributed by atoms with Gasteiger partial charge < -0.3 is 11.5 Å². The lowest BCUT2D eigenvalue weighted by molar-refractivity contribution is 0.611. The van der Waals surface area contributed by atoms with Crippen LogP contribution in [-0.4, -0.2) is 7.05 Å². The lowest BCUT2D eigenvalue weighted by Gasteiger charge is -2.14. The van der Waals surface area contributed by atoms with Crippen LogP contribution in [0.1, 0.15) is 46.7 Å². The Balaban J connectivity index is 0.00000116. The molecule has 4 N–H and O–H groups in total. The number of nitrogens with two attached hydrogens (primary N) is 2. The smallest absolute Gasteiger partial charge is 0.0295 e. The highest BCUT2D eigenvalue weighted by molar-refractivity contribution is 5.30. The first-order valence-electron chi connectivity index (χ1n) is 8.01. The summed E-state index contributed by atoms with van der Waals surface area (Å²) in [5.74, 6) is 0. The number of hydrogen-bond donors (Lipinski definition) is 2. The minimum atomic E-state index is 0.151. The zero-order valence-electron chi connectivity index (χ0n) is 14.4. The van der Waals surface area contributed by atoms with E-state index in [9.17, 15) is 0 Å². The highest BCUT2D eigenvalue weighted by atomic mass is 14.6. The topological polar surface area (TPSA) is 52.0 Å². The Morgan fingerprint density at radius 3 is 2.09 bits per heavy atom. The van der Waals surface area contributed by atoms with Crippen LogP contribution in [0.3, 0.4) is 0 Å². The highest BCUT2D eigenvalue weighted by Crippen LogP contribution is 2.20. The van der Waals surface area contributed by atoms with E-state index in [4.69, 9.17) is 5.73 Å². The molecule has 2 nitrogen and oxygen atoms in total. The summed E-state index contributed by atoms with van der Waals surface area (Å²) in [6.07, 6.45) is 3.29. The van der Waals surface area contributed by atoms with E-state index in [-0.39, 0.29) is 6.04 Å². The van der Waals surface area contributed by atoms with Gasteiger partial charge in [-0.25, -0.2) is 0 Å². The van der Waals surface area contributed by atoms with Crippen molar-refractivity contribution in [2.75, 3.05) is 7.05 Å². The van der Waals surface area contributed by atoms with Crippen molar-refractivity contribution < 1.29 is 0 Å². The quantitative estimate of drug-likeness (QED) is 0.868. The normalized spacial score (nSPS) is 11.5. The molecule has 120 valence electrons. The SMILES string of the molecule is CN.Cc1cccc(CCCC(N)c2cc(C)cc(C)c2)c1. The Bertz CT molecular complexity index is 555. The molecule has 0 saturated carbocycles. The molecule has 1 atom stereocenters. The van der Waals surface area contributed by atoms with Gasteiger partial charge in [-0.15, -0.1) is 0 Å². The van der Waals surface area contributed by atoms with Crippen molar-refractivity contribution >= 4 is 0 Å². The molecule has 0 saturated heterocycles. The maximum atomic E-state index is 6.33. The van der Waals surface area contributed by atoms with Gasteiger partial charge in [0.25, 0.3) is 0 Å². The first-order chi connectivity index (χ1) is 10.5. The van der Waals surface area contributed by atoms with E-state index < -0.39 is 0 Å². The van der Waals surface area contributed by atoms with Crippen LogP contribution in [0.25, 0.3) is 0 Å². The molecule has 22 heavy (non-hydrogen) atoms. The van der Waals surface area contributed by atoms with Crippen LogP contribution < -0.4 is 11.5 Å². The maximum absolute atomic E-state index is 6.33. The standard InChI is InChI=1S/C19H25N.CH5N/c1-14-6-4-7-17(11-14)8-5-9-19(20)18-12-15(2)10-16(3)13-18;1-2/h4,6-7,10-13,19H,5,8-9,20H2,1-3H3;2H2,1H3. The first kappa shape index (κ1) is 18.4. The molecule has 0 aliphatic rings. The van der Waals surface area contributed by atoms with Gasteiger partial charge in [0.2, 0.25) is 0 Å². The van der Waals surface area contributed by atoms with Gasteiger partial charge in [0.15, 0.2) is 0 Å². The van der Waals surface area contributed by atoms with Gasteiger partial charge in [0.05, 0.1) is 0 Å². The Morgan fingerprint density at radius 2 is 1.50 bits per heavy atom. The second kappa shape index (κ2) is 9.39.